The molecule has 16 heavy (non-hydrogen) atoms. The monoisotopic (exact) mass is 226 g/mol. The fraction of sp³-hybridized carbons (Fsp3) is 0.455. The summed E-state index contributed by atoms with van der Waals surface area (Å²) >= 11 is 0. The van der Waals surface area contributed by atoms with Gasteiger partial charge in [0.1, 0.15) is 5.82 Å². The second-order valence-corrected chi connectivity index (χ2v) is 4.34. The van der Waals surface area contributed by atoms with Gasteiger partial charge in [0.25, 0.3) is 5.69 Å². The van der Waals surface area contributed by atoms with Crippen LogP contribution in [0.3, 0.4) is 0 Å². The number of likely N-dealkylation sites (N-methyl/N-ethyl adjacent to an activating group) is 1. The molecule has 0 atom stereocenters. The minimum Gasteiger partial charge on any atom is -0.314 e. The Bertz CT molecular complexity index is 405. The van der Waals surface area contributed by atoms with Crippen LogP contribution in [-0.4, -0.2) is 17.5 Å². The fourth-order valence-corrected chi connectivity index (χ4v) is 1.36. The standard InChI is InChI=1S/C11H15FN2O2/c1-11(2,13-3)7-8-4-5-9(14(15)16)6-10(8)12/h4-6,13H,7H2,1-3H3. The van der Waals surface area contributed by atoms with Crippen LogP contribution < -0.4 is 5.32 Å². The van der Waals surface area contributed by atoms with Gasteiger partial charge >= 0.3 is 0 Å². The van der Waals surface area contributed by atoms with Crippen LogP contribution in [0.4, 0.5) is 10.1 Å². The van der Waals surface area contributed by atoms with E-state index < -0.39 is 10.7 Å². The largest absolute Gasteiger partial charge is 0.314 e. The van der Waals surface area contributed by atoms with Crippen molar-refractivity contribution in [2.24, 2.45) is 0 Å². The topological polar surface area (TPSA) is 55.2 Å². The zero-order valence-electron chi connectivity index (χ0n) is 9.58. The third-order valence-corrected chi connectivity index (χ3v) is 2.56. The highest BCUT2D eigenvalue weighted by atomic mass is 19.1. The predicted octanol–water partition coefficient (Wildman–Crippen LogP) is 2.27. The quantitative estimate of drug-likeness (QED) is 0.633. The molecule has 1 rings (SSSR count). The van der Waals surface area contributed by atoms with Gasteiger partial charge in [-0.05, 0) is 38.9 Å². The maximum absolute atomic E-state index is 13.5. The lowest BCUT2D eigenvalue weighted by atomic mass is 9.95. The van der Waals surface area contributed by atoms with Gasteiger partial charge < -0.3 is 5.32 Å². The first-order chi connectivity index (χ1) is 7.35. The van der Waals surface area contributed by atoms with Crippen LogP contribution in [0.15, 0.2) is 18.2 Å². The van der Waals surface area contributed by atoms with Gasteiger partial charge in [0.05, 0.1) is 11.0 Å². The van der Waals surface area contributed by atoms with Crippen molar-refractivity contribution >= 4 is 5.69 Å². The number of hydrogen-bond donors (Lipinski definition) is 1. The zero-order chi connectivity index (χ0) is 12.3. The summed E-state index contributed by atoms with van der Waals surface area (Å²) in [5, 5.41) is 13.5. The van der Waals surface area contributed by atoms with Crippen molar-refractivity contribution in [3.05, 3.63) is 39.7 Å². The van der Waals surface area contributed by atoms with E-state index in [9.17, 15) is 14.5 Å². The molecule has 4 nitrogen and oxygen atoms in total. The number of nitrogens with one attached hydrogen (secondary N) is 1. The fourth-order valence-electron chi connectivity index (χ4n) is 1.36. The molecule has 0 amide bonds. The van der Waals surface area contributed by atoms with Crippen LogP contribution >= 0.6 is 0 Å². The Morgan fingerprint density at radius 1 is 1.50 bits per heavy atom. The van der Waals surface area contributed by atoms with Gasteiger partial charge in [-0.1, -0.05) is 0 Å². The van der Waals surface area contributed by atoms with Gasteiger partial charge in [-0.15, -0.1) is 0 Å². The number of nitro groups is 1. The summed E-state index contributed by atoms with van der Waals surface area (Å²) in [6.07, 6.45) is 0.479. The normalized spacial score (nSPS) is 11.5. The van der Waals surface area contributed by atoms with Gasteiger partial charge in [-0.3, -0.25) is 10.1 Å². The molecule has 0 saturated heterocycles. The van der Waals surface area contributed by atoms with Gasteiger partial charge in [0.15, 0.2) is 0 Å². The van der Waals surface area contributed by atoms with Gasteiger partial charge in [-0.25, -0.2) is 4.39 Å². The predicted molar refractivity (Wildman–Crippen MR) is 59.9 cm³/mol. The summed E-state index contributed by atoms with van der Waals surface area (Å²) < 4.78 is 13.5. The number of nitrogens with zero attached hydrogens (tertiary/aromatic N) is 1. The molecule has 0 radical (unpaired) electrons. The molecule has 0 fully saturated rings. The van der Waals surface area contributed by atoms with Crippen LogP contribution in [-0.2, 0) is 6.42 Å². The first-order valence-electron chi connectivity index (χ1n) is 4.97. The number of benzene rings is 1. The Morgan fingerprint density at radius 2 is 2.12 bits per heavy atom. The molecule has 5 heteroatoms. The van der Waals surface area contributed by atoms with Crippen LogP contribution in [0.5, 0.6) is 0 Å². The molecule has 0 saturated carbocycles. The van der Waals surface area contributed by atoms with Gasteiger partial charge in [-0.2, -0.15) is 0 Å². The summed E-state index contributed by atoms with van der Waals surface area (Å²) in [7, 11) is 1.79. The van der Waals surface area contributed by atoms with Crippen LogP contribution in [0.1, 0.15) is 19.4 Å². The Balaban J connectivity index is 2.96. The number of non-ortho nitro benzene ring substituents is 1. The first-order valence-corrected chi connectivity index (χ1v) is 4.97. The summed E-state index contributed by atoms with van der Waals surface area (Å²) in [5.74, 6) is -0.530. The van der Waals surface area contributed by atoms with E-state index in [-0.39, 0.29) is 11.2 Å². The third kappa shape index (κ3) is 3.00. The molecule has 0 aromatic heterocycles. The van der Waals surface area contributed by atoms with E-state index >= 15 is 0 Å². The summed E-state index contributed by atoms with van der Waals surface area (Å²) in [5.41, 5.74) is 0.0187. The highest BCUT2D eigenvalue weighted by Gasteiger charge is 2.19. The smallest absolute Gasteiger partial charge is 0.272 e. The minimum atomic E-state index is -0.601. The van der Waals surface area contributed by atoms with E-state index in [4.69, 9.17) is 0 Å². The highest BCUT2D eigenvalue weighted by molar-refractivity contribution is 5.34. The first kappa shape index (κ1) is 12.6. The van der Waals surface area contributed by atoms with Crippen molar-refractivity contribution in [3.63, 3.8) is 0 Å². The lowest BCUT2D eigenvalue weighted by Crippen LogP contribution is -2.38. The van der Waals surface area contributed by atoms with Crippen molar-refractivity contribution < 1.29 is 9.31 Å². The average molecular weight is 226 g/mol. The molecule has 0 spiro atoms. The molecular formula is C11H15FN2O2. The van der Waals surface area contributed by atoms with Gasteiger partial charge in [0.2, 0.25) is 0 Å². The third-order valence-electron chi connectivity index (χ3n) is 2.56. The zero-order valence-corrected chi connectivity index (χ0v) is 9.58. The van der Waals surface area contributed by atoms with E-state index in [0.717, 1.165) is 6.07 Å². The van der Waals surface area contributed by atoms with Crippen molar-refractivity contribution in [2.75, 3.05) is 7.05 Å². The molecule has 1 aromatic rings. The molecule has 0 aliphatic rings. The van der Waals surface area contributed by atoms with E-state index in [1.165, 1.54) is 12.1 Å². The number of nitro benzene ring substituents is 1. The van der Waals surface area contributed by atoms with Crippen LogP contribution in [0.25, 0.3) is 0 Å². The summed E-state index contributed by atoms with van der Waals surface area (Å²) in [6.45, 7) is 3.88. The second-order valence-electron chi connectivity index (χ2n) is 4.34. The van der Waals surface area contributed by atoms with E-state index in [1.54, 1.807) is 7.05 Å². The molecule has 1 aromatic carbocycles. The van der Waals surface area contributed by atoms with Crippen molar-refractivity contribution in [1.82, 2.24) is 5.32 Å². The molecule has 0 aliphatic carbocycles. The molecule has 88 valence electrons. The van der Waals surface area contributed by atoms with Crippen molar-refractivity contribution in [2.45, 2.75) is 25.8 Å². The maximum Gasteiger partial charge on any atom is 0.272 e. The molecule has 0 bridgehead atoms. The van der Waals surface area contributed by atoms with Gasteiger partial charge in [0, 0.05) is 11.6 Å². The Kier molecular flexibility index (Phi) is 3.59. The Hall–Kier alpha value is -1.49. The van der Waals surface area contributed by atoms with Crippen molar-refractivity contribution in [3.8, 4) is 0 Å². The molecule has 1 N–H and O–H groups in total. The number of rotatable bonds is 4. The van der Waals surface area contributed by atoms with Crippen LogP contribution in [0, 0.1) is 15.9 Å². The minimum absolute atomic E-state index is 0.219. The summed E-state index contributed by atoms with van der Waals surface area (Å²) in [6, 6.07) is 3.75. The average Bonchev–Trinajstić information content (AvgIpc) is 2.20. The lowest BCUT2D eigenvalue weighted by Gasteiger charge is -2.24. The summed E-state index contributed by atoms with van der Waals surface area (Å²) in [4.78, 5) is 9.83. The molecule has 0 aliphatic heterocycles. The molecule has 0 unspecified atom stereocenters. The number of hydrogen-bond acceptors (Lipinski definition) is 3. The Labute approximate surface area is 93.6 Å². The van der Waals surface area contributed by atoms with E-state index in [2.05, 4.69) is 5.32 Å². The molecular weight excluding hydrogens is 211 g/mol. The lowest BCUT2D eigenvalue weighted by molar-refractivity contribution is -0.385. The van der Waals surface area contributed by atoms with Crippen molar-refractivity contribution in [1.29, 1.82) is 0 Å². The highest BCUT2D eigenvalue weighted by Crippen LogP contribution is 2.20. The van der Waals surface area contributed by atoms with E-state index in [1.807, 2.05) is 13.8 Å². The Morgan fingerprint density at radius 3 is 2.56 bits per heavy atom. The number of halogens is 1. The van der Waals surface area contributed by atoms with Crippen LogP contribution in [0.2, 0.25) is 0 Å². The SMILES string of the molecule is CNC(C)(C)Cc1ccc([N+](=O)[O-])cc1F. The van der Waals surface area contributed by atoms with E-state index in [0.29, 0.717) is 12.0 Å². The molecule has 0 heterocycles. The second kappa shape index (κ2) is 4.57. The maximum atomic E-state index is 13.5.